The largest absolute Gasteiger partial charge is 0.451 e. The van der Waals surface area contributed by atoms with Crippen molar-refractivity contribution in [2.24, 2.45) is 0 Å². The number of rotatable bonds is 5. The number of halogens is 1. The Balaban J connectivity index is 1.48. The van der Waals surface area contributed by atoms with Crippen LogP contribution in [-0.2, 0) is 6.54 Å². The molecule has 2 aromatic heterocycles. The number of carbonyl (C=O) groups is 1. The van der Waals surface area contributed by atoms with Gasteiger partial charge >= 0.3 is 0 Å². The number of aromatic nitrogens is 2. The van der Waals surface area contributed by atoms with Crippen LogP contribution >= 0.6 is 0 Å². The Morgan fingerprint density at radius 3 is 2.59 bits per heavy atom. The van der Waals surface area contributed by atoms with Crippen molar-refractivity contribution in [3.63, 3.8) is 0 Å². The molecule has 0 fully saturated rings. The average molecular weight is 453 g/mol. The number of fused-ring (bicyclic) bond motifs is 1. The predicted octanol–water partition coefficient (Wildman–Crippen LogP) is 5.02. The summed E-state index contributed by atoms with van der Waals surface area (Å²) in [6, 6.07) is 22.3. The van der Waals surface area contributed by atoms with E-state index in [1.54, 1.807) is 48.0 Å². The molecular formula is C27H20FN3O3. The van der Waals surface area contributed by atoms with Gasteiger partial charge in [0.15, 0.2) is 11.2 Å². The molecule has 0 aliphatic carbocycles. The van der Waals surface area contributed by atoms with E-state index in [1.807, 2.05) is 36.5 Å². The predicted molar refractivity (Wildman–Crippen MR) is 127 cm³/mol. The lowest BCUT2D eigenvalue weighted by molar-refractivity contribution is 0.0924. The van der Waals surface area contributed by atoms with Crippen LogP contribution in [0.2, 0.25) is 0 Å². The Bertz CT molecular complexity index is 1570. The van der Waals surface area contributed by atoms with E-state index in [0.717, 1.165) is 16.8 Å². The van der Waals surface area contributed by atoms with Gasteiger partial charge in [-0.2, -0.15) is 5.10 Å². The summed E-state index contributed by atoms with van der Waals surface area (Å²) >= 11 is 0. The number of carbonyl (C=O) groups excluding carboxylic acids is 1. The summed E-state index contributed by atoms with van der Waals surface area (Å²) in [6.07, 6.45) is 1.82. The summed E-state index contributed by atoms with van der Waals surface area (Å²) < 4.78 is 21.2. The molecule has 6 nitrogen and oxygen atoms in total. The van der Waals surface area contributed by atoms with E-state index in [-0.39, 0.29) is 23.6 Å². The second kappa shape index (κ2) is 8.78. The fourth-order valence-corrected chi connectivity index (χ4v) is 3.77. The average Bonchev–Trinajstić information content (AvgIpc) is 3.29. The summed E-state index contributed by atoms with van der Waals surface area (Å²) in [5.41, 5.74) is 3.49. The maximum atomic E-state index is 13.9. The first kappa shape index (κ1) is 21.3. The van der Waals surface area contributed by atoms with E-state index in [1.165, 1.54) is 12.1 Å². The van der Waals surface area contributed by atoms with E-state index in [9.17, 15) is 14.0 Å². The molecule has 0 unspecified atom stereocenters. The molecule has 1 N–H and O–H groups in total. The van der Waals surface area contributed by atoms with Crippen LogP contribution in [0.25, 0.3) is 27.9 Å². The molecule has 5 aromatic rings. The van der Waals surface area contributed by atoms with E-state index in [0.29, 0.717) is 22.2 Å². The van der Waals surface area contributed by atoms with E-state index in [2.05, 4.69) is 5.32 Å². The maximum absolute atomic E-state index is 13.9. The quantitative estimate of drug-likeness (QED) is 0.405. The van der Waals surface area contributed by atoms with E-state index >= 15 is 0 Å². The van der Waals surface area contributed by atoms with Gasteiger partial charge in [0.2, 0.25) is 0 Å². The van der Waals surface area contributed by atoms with Crippen LogP contribution in [-0.4, -0.2) is 15.7 Å². The number of nitrogens with one attached hydrogen (secondary N) is 1. The number of hydrogen-bond acceptors (Lipinski definition) is 4. The molecular weight excluding hydrogens is 433 g/mol. The summed E-state index contributed by atoms with van der Waals surface area (Å²) in [7, 11) is 0. The van der Waals surface area contributed by atoms with Crippen LogP contribution < -0.4 is 10.7 Å². The highest BCUT2D eigenvalue weighted by atomic mass is 19.1. The van der Waals surface area contributed by atoms with Crippen molar-refractivity contribution < 1.29 is 13.6 Å². The standard InChI is InChI=1S/C27H20FN3O3/c1-17-13-18(11-12-22(17)28)26-19(16-31(30-26)20-7-3-2-4-8-20)15-29-27(33)25-14-23(32)21-9-5-6-10-24(21)34-25/h2-14,16H,15H2,1H3,(H,29,33). The minimum atomic E-state index is -0.517. The maximum Gasteiger partial charge on any atom is 0.287 e. The summed E-state index contributed by atoms with van der Waals surface area (Å²) in [6.45, 7) is 1.82. The lowest BCUT2D eigenvalue weighted by Gasteiger charge is -2.07. The van der Waals surface area contributed by atoms with Crippen LogP contribution in [0.1, 0.15) is 21.7 Å². The van der Waals surface area contributed by atoms with Gasteiger partial charge in [-0.3, -0.25) is 9.59 Å². The highest BCUT2D eigenvalue weighted by Crippen LogP contribution is 2.26. The molecule has 3 aromatic carbocycles. The van der Waals surface area contributed by atoms with Crippen LogP contribution in [0.4, 0.5) is 4.39 Å². The Morgan fingerprint density at radius 1 is 1.03 bits per heavy atom. The lowest BCUT2D eigenvalue weighted by Crippen LogP contribution is -2.24. The molecule has 7 heteroatoms. The second-order valence-corrected chi connectivity index (χ2v) is 7.90. The van der Waals surface area contributed by atoms with Gasteiger partial charge in [-0.05, 0) is 55.0 Å². The first-order chi connectivity index (χ1) is 16.5. The van der Waals surface area contributed by atoms with Gasteiger partial charge in [0.25, 0.3) is 5.91 Å². The Hall–Kier alpha value is -4.52. The van der Waals surface area contributed by atoms with Crippen molar-refractivity contribution in [3.05, 3.63) is 118 Å². The molecule has 0 saturated carbocycles. The number of hydrogen-bond donors (Lipinski definition) is 1. The Labute approximate surface area is 194 Å². The van der Waals surface area contributed by atoms with Crippen molar-refractivity contribution in [2.75, 3.05) is 0 Å². The van der Waals surface area contributed by atoms with Crippen LogP contribution in [0.15, 0.2) is 94.3 Å². The number of nitrogens with zero attached hydrogens (tertiary/aromatic N) is 2. The van der Waals surface area contributed by atoms with Gasteiger partial charge in [-0.15, -0.1) is 0 Å². The third kappa shape index (κ3) is 4.11. The Morgan fingerprint density at radius 2 is 1.79 bits per heavy atom. The molecule has 0 atom stereocenters. The van der Waals surface area contributed by atoms with Crippen molar-refractivity contribution in [1.29, 1.82) is 0 Å². The van der Waals surface area contributed by atoms with Gasteiger partial charge in [-0.1, -0.05) is 30.3 Å². The van der Waals surface area contributed by atoms with E-state index in [4.69, 9.17) is 9.52 Å². The van der Waals surface area contributed by atoms with Gasteiger partial charge < -0.3 is 9.73 Å². The summed E-state index contributed by atoms with van der Waals surface area (Å²) in [5, 5.41) is 7.92. The molecule has 0 spiro atoms. The molecule has 5 rings (SSSR count). The van der Waals surface area contributed by atoms with Crippen molar-refractivity contribution in [1.82, 2.24) is 15.1 Å². The van der Waals surface area contributed by atoms with Crippen molar-refractivity contribution >= 4 is 16.9 Å². The molecule has 0 aliphatic heterocycles. The third-order valence-corrected chi connectivity index (χ3v) is 5.54. The number of amides is 1. The van der Waals surface area contributed by atoms with Gasteiger partial charge in [0.1, 0.15) is 11.4 Å². The Kier molecular flexibility index (Phi) is 5.51. The number of benzene rings is 3. The zero-order valence-corrected chi connectivity index (χ0v) is 18.3. The molecule has 0 saturated heterocycles. The van der Waals surface area contributed by atoms with Crippen LogP contribution in [0.3, 0.4) is 0 Å². The van der Waals surface area contributed by atoms with Gasteiger partial charge in [0.05, 0.1) is 16.8 Å². The first-order valence-corrected chi connectivity index (χ1v) is 10.7. The van der Waals surface area contributed by atoms with Gasteiger partial charge in [-0.25, -0.2) is 9.07 Å². The van der Waals surface area contributed by atoms with Crippen LogP contribution in [0.5, 0.6) is 0 Å². The zero-order valence-electron chi connectivity index (χ0n) is 18.3. The third-order valence-electron chi connectivity index (χ3n) is 5.54. The normalized spacial score (nSPS) is 11.0. The molecule has 1 amide bonds. The topological polar surface area (TPSA) is 77.1 Å². The zero-order chi connectivity index (χ0) is 23.7. The van der Waals surface area contributed by atoms with Crippen molar-refractivity contribution in [3.8, 4) is 16.9 Å². The SMILES string of the molecule is Cc1cc(-c2nn(-c3ccccc3)cc2CNC(=O)c2cc(=O)c3ccccc3o2)ccc1F. The summed E-state index contributed by atoms with van der Waals surface area (Å²) in [4.78, 5) is 25.2. The minimum Gasteiger partial charge on any atom is -0.451 e. The number of para-hydroxylation sites is 2. The van der Waals surface area contributed by atoms with E-state index < -0.39 is 5.91 Å². The molecule has 34 heavy (non-hydrogen) atoms. The fourth-order valence-electron chi connectivity index (χ4n) is 3.77. The lowest BCUT2D eigenvalue weighted by atomic mass is 10.1. The van der Waals surface area contributed by atoms with Crippen LogP contribution in [0, 0.1) is 12.7 Å². The fraction of sp³-hybridized carbons (Fsp3) is 0.0741. The molecule has 168 valence electrons. The summed E-state index contributed by atoms with van der Waals surface area (Å²) in [5.74, 6) is -0.887. The first-order valence-electron chi connectivity index (χ1n) is 10.7. The number of aryl methyl sites for hydroxylation is 1. The van der Waals surface area contributed by atoms with Gasteiger partial charge in [0, 0.05) is 29.9 Å². The molecule has 0 radical (unpaired) electrons. The molecule has 0 aliphatic rings. The molecule has 0 bridgehead atoms. The van der Waals surface area contributed by atoms with Crippen molar-refractivity contribution in [2.45, 2.75) is 13.5 Å². The highest BCUT2D eigenvalue weighted by molar-refractivity contribution is 5.93. The smallest absolute Gasteiger partial charge is 0.287 e. The minimum absolute atomic E-state index is 0.0710. The monoisotopic (exact) mass is 453 g/mol. The second-order valence-electron chi connectivity index (χ2n) is 7.90. The highest BCUT2D eigenvalue weighted by Gasteiger charge is 2.17. The molecule has 2 heterocycles.